The molecule has 6 aliphatic heterocycles. The highest BCUT2D eigenvalue weighted by molar-refractivity contribution is 7.10. The smallest absolute Gasteiger partial charge is 0.322 e. The average Bonchev–Trinajstić information content (AvgIpc) is 4.00. The van der Waals surface area contributed by atoms with Crippen LogP contribution < -0.4 is 10.7 Å². The van der Waals surface area contributed by atoms with E-state index in [1.54, 1.807) is 7.11 Å². The second-order valence-corrected chi connectivity index (χ2v) is 24.0. The number of pyridine rings is 1. The molecule has 7 fully saturated rings. The Labute approximate surface area is 437 Å². The highest BCUT2D eigenvalue weighted by atomic mass is 32.1. The summed E-state index contributed by atoms with van der Waals surface area (Å²) in [5.41, 5.74) is 10.3. The largest absolute Gasteiger partial charge is 0.480 e. The number of carboxylic acid groups (broad SMARTS) is 1. The van der Waals surface area contributed by atoms with Gasteiger partial charge in [-0.1, -0.05) is 26.8 Å². The van der Waals surface area contributed by atoms with Gasteiger partial charge >= 0.3 is 5.97 Å². The van der Waals surface area contributed by atoms with Crippen LogP contribution in [0.4, 0.5) is 0 Å². The number of carbonyl (C=O) groups is 3. The minimum absolute atomic E-state index is 0.0166. The van der Waals surface area contributed by atoms with Crippen LogP contribution in [0.5, 0.6) is 0 Å². The van der Waals surface area contributed by atoms with Crippen LogP contribution in [0, 0.1) is 16.7 Å². The quantitative estimate of drug-likeness (QED) is 0.0885. The van der Waals surface area contributed by atoms with Crippen LogP contribution >= 0.6 is 11.3 Å². The van der Waals surface area contributed by atoms with Gasteiger partial charge in [0.25, 0.3) is 5.91 Å². The number of hydrogen-bond donors (Lipinski definition) is 4. The fraction of sp³-hybridized carbons (Fsp3) is 0.655. The highest BCUT2D eigenvalue weighted by Gasteiger charge is 2.55. The maximum Gasteiger partial charge on any atom is 0.322 e. The summed E-state index contributed by atoms with van der Waals surface area (Å²) in [6.45, 7) is 16.0. The van der Waals surface area contributed by atoms with Gasteiger partial charge < -0.3 is 43.8 Å². The van der Waals surface area contributed by atoms with Gasteiger partial charge in [0.1, 0.15) is 23.2 Å². The first-order valence-electron chi connectivity index (χ1n) is 26.9. The predicted octanol–water partition coefficient (Wildman–Crippen LogP) is 5.33. The number of carbonyl (C=O) groups excluding carboxylic acids is 2. The van der Waals surface area contributed by atoms with Crippen molar-refractivity contribution in [2.75, 3.05) is 86.1 Å². The molecule has 6 atom stereocenters. The Morgan fingerprint density at radius 1 is 1.07 bits per heavy atom. The van der Waals surface area contributed by atoms with E-state index in [1.165, 1.54) is 34.8 Å². The Kier molecular flexibility index (Phi) is 14.8. The summed E-state index contributed by atoms with van der Waals surface area (Å²) in [7, 11) is 1.73. The minimum atomic E-state index is -1.10. The molecule has 4 aromatic rings. The first-order chi connectivity index (χ1) is 35.7. The van der Waals surface area contributed by atoms with Gasteiger partial charge in [-0.15, -0.1) is 11.3 Å². The van der Waals surface area contributed by atoms with Crippen LogP contribution in [-0.2, 0) is 51.0 Å². The van der Waals surface area contributed by atoms with Crippen LogP contribution in [-0.4, -0.2) is 174 Å². The molecule has 2 amide bonds. The zero-order valence-electron chi connectivity index (χ0n) is 43.6. The summed E-state index contributed by atoms with van der Waals surface area (Å²) >= 11 is 1.45. The van der Waals surface area contributed by atoms with E-state index in [-0.39, 0.29) is 36.1 Å². The van der Waals surface area contributed by atoms with E-state index < -0.39 is 41.5 Å². The average molecular weight is 1040 g/mol. The summed E-state index contributed by atoms with van der Waals surface area (Å²) in [6, 6.07) is 6.86. The zero-order chi connectivity index (χ0) is 51.5. The van der Waals surface area contributed by atoms with Crippen LogP contribution in [0.15, 0.2) is 35.8 Å². The van der Waals surface area contributed by atoms with Crippen LogP contribution in [0.3, 0.4) is 0 Å². The molecule has 0 bridgehead atoms. The fourth-order valence-electron chi connectivity index (χ4n) is 12.0. The molecule has 1 aliphatic carbocycles. The lowest BCUT2D eigenvalue weighted by molar-refractivity contribution is -0.203. The van der Waals surface area contributed by atoms with Gasteiger partial charge in [-0.05, 0) is 86.6 Å². The van der Waals surface area contributed by atoms with E-state index in [9.17, 15) is 24.6 Å². The van der Waals surface area contributed by atoms with E-state index in [0.717, 1.165) is 70.6 Å². The number of methoxy groups -OCH3 is 1. The fourth-order valence-corrected chi connectivity index (χ4v) is 13.0. The molecule has 18 nitrogen and oxygen atoms in total. The second-order valence-electron chi connectivity index (χ2n) is 23.1. The second kappa shape index (κ2) is 21.2. The summed E-state index contributed by atoms with van der Waals surface area (Å²) < 4.78 is 32.1. The van der Waals surface area contributed by atoms with Gasteiger partial charge in [0, 0.05) is 123 Å². The molecule has 19 heteroatoms. The summed E-state index contributed by atoms with van der Waals surface area (Å²) in [5.74, 6) is -1.47. The van der Waals surface area contributed by atoms with Crippen molar-refractivity contribution in [3.8, 4) is 22.5 Å². The molecular formula is C55H74N8O10S. The van der Waals surface area contributed by atoms with Gasteiger partial charge in [-0.3, -0.25) is 34.2 Å². The number of aromatic nitrogens is 3. The van der Waals surface area contributed by atoms with Crippen molar-refractivity contribution in [1.82, 2.24) is 40.1 Å². The minimum Gasteiger partial charge on any atom is -0.480 e. The number of ether oxygens (including phenoxy) is 5. The van der Waals surface area contributed by atoms with Crippen molar-refractivity contribution >= 4 is 40.0 Å². The van der Waals surface area contributed by atoms with E-state index >= 15 is 0 Å². The normalized spacial score (nSPS) is 24.9. The molecule has 74 heavy (non-hydrogen) atoms. The number of thiazole rings is 1. The Morgan fingerprint density at radius 3 is 2.51 bits per heavy atom. The summed E-state index contributed by atoms with van der Waals surface area (Å²) in [6.07, 6.45) is 6.90. The van der Waals surface area contributed by atoms with E-state index in [4.69, 9.17) is 33.7 Å². The lowest BCUT2D eigenvalue weighted by Gasteiger charge is -2.58. The van der Waals surface area contributed by atoms with Crippen LogP contribution in [0.25, 0.3) is 33.4 Å². The Balaban J connectivity index is 1.01. The number of nitrogens with zero attached hydrogens (tertiary/aromatic N) is 6. The van der Waals surface area contributed by atoms with E-state index in [0.29, 0.717) is 102 Å². The number of carboxylic acids is 1. The lowest BCUT2D eigenvalue weighted by Crippen LogP contribution is -2.70. The monoisotopic (exact) mass is 1040 g/mol. The van der Waals surface area contributed by atoms with E-state index in [1.807, 2.05) is 18.5 Å². The Hall–Kier alpha value is -4.41. The number of hydrazine groups is 1. The molecule has 6 saturated heterocycles. The molecule has 7 aliphatic rings. The van der Waals surface area contributed by atoms with Gasteiger partial charge in [0.15, 0.2) is 0 Å². The molecule has 4 N–H and O–H groups in total. The van der Waals surface area contributed by atoms with Crippen molar-refractivity contribution in [3.63, 3.8) is 0 Å². The van der Waals surface area contributed by atoms with Gasteiger partial charge in [0.2, 0.25) is 5.91 Å². The summed E-state index contributed by atoms with van der Waals surface area (Å²) in [5, 5.41) is 29.1. The van der Waals surface area contributed by atoms with Crippen molar-refractivity contribution in [2.24, 2.45) is 16.7 Å². The third-order valence-corrected chi connectivity index (χ3v) is 17.7. The first-order valence-corrected chi connectivity index (χ1v) is 27.8. The number of benzene rings is 1. The number of aliphatic hydroxyl groups excluding tert-OH is 1. The number of amides is 2. The number of hydrogen-bond acceptors (Lipinski definition) is 15. The van der Waals surface area contributed by atoms with Crippen molar-refractivity contribution in [3.05, 3.63) is 57.7 Å². The number of likely N-dealkylation sites (tertiary alicyclic amines) is 2. The van der Waals surface area contributed by atoms with Crippen LogP contribution in [0.2, 0.25) is 0 Å². The van der Waals surface area contributed by atoms with Crippen molar-refractivity contribution < 1.29 is 48.3 Å². The molecule has 3 aromatic heterocycles. The van der Waals surface area contributed by atoms with E-state index in [2.05, 4.69) is 70.1 Å². The Morgan fingerprint density at radius 2 is 1.85 bits per heavy atom. The predicted molar refractivity (Wildman–Crippen MR) is 277 cm³/mol. The molecular weight excluding hydrogens is 965 g/mol. The van der Waals surface area contributed by atoms with Crippen LogP contribution in [0.1, 0.15) is 106 Å². The number of aliphatic hydroxyl groups is 1. The number of aliphatic carboxylic acids is 1. The third kappa shape index (κ3) is 10.3. The topological polar surface area (TPSA) is 202 Å². The highest BCUT2D eigenvalue weighted by Crippen LogP contribution is 2.47. The standard InChI is InChI=1S/C55H74N8O10S/c1-32-25-73-49(32)50(65)58-46(52(66)63-14-6-7-42(59-63)53(67)68)48(61-27-55(28-61)30-71-31-55)51-57-43(26-74-51)34-8-11-44-39(19-34)41(21-54(3,4)29-64)47(62(44)15-18-72-38-12-16-70-17-13-38)40-20-35(22-56-45(40)33(2)69-5)36-23-60(24-36)37-9-10-37/h8,11,19-20,22,26,32-33,36-38,42,46,48-49,59,64H,6-7,9-10,12-18,21,23-25,27-31H2,1-5H3,(H,58,65)(H,67,68)/t32-,33-,42-,46-,48-,49+/m0/s1. The summed E-state index contributed by atoms with van der Waals surface area (Å²) in [4.78, 5) is 56.5. The molecule has 0 radical (unpaired) electrons. The van der Waals surface area contributed by atoms with Gasteiger partial charge in [-0.2, -0.15) is 0 Å². The SMILES string of the molecule is CO[C@@H](C)c1ncc(C2CN(C3CC3)C2)cc1-c1c(CC(C)(C)CO)c2cc(-c3csc([C@H]([C@H](NC(=O)[C@@H]4OC[C@@H]4C)C(=O)N4CCC[C@@H](C(=O)O)N4)N4CC5(COC5)C4)n3)ccc2n1CCOC1CCOCC1. The number of rotatable bonds is 20. The Bertz CT molecular complexity index is 2700. The lowest BCUT2D eigenvalue weighted by atomic mass is 9.76. The maximum atomic E-state index is 14.9. The molecule has 400 valence electrons. The molecule has 9 heterocycles. The molecule has 1 saturated carbocycles. The van der Waals surface area contributed by atoms with Crippen molar-refractivity contribution in [2.45, 2.75) is 128 Å². The molecule has 1 spiro atoms. The van der Waals surface area contributed by atoms with Crippen molar-refractivity contribution in [1.29, 1.82) is 0 Å². The third-order valence-electron chi connectivity index (χ3n) is 16.8. The molecule has 0 unspecified atom stereocenters. The molecule has 11 rings (SSSR count). The maximum absolute atomic E-state index is 14.9. The number of nitrogens with one attached hydrogen (secondary N) is 2. The molecule has 1 aromatic carbocycles. The van der Waals surface area contributed by atoms with Gasteiger partial charge in [-0.25, -0.2) is 10.4 Å². The number of fused-ring (bicyclic) bond motifs is 1. The zero-order valence-corrected chi connectivity index (χ0v) is 44.4. The van der Waals surface area contributed by atoms with Gasteiger partial charge in [0.05, 0.1) is 61.8 Å². The first kappa shape index (κ1) is 51.7.